The third kappa shape index (κ3) is 8.43. The first-order chi connectivity index (χ1) is 3.95. The molecule has 0 heterocycles. The van der Waals surface area contributed by atoms with Gasteiger partial charge >= 0.3 is 35.5 Å². The molecule has 3 nitrogen and oxygen atoms in total. The van der Waals surface area contributed by atoms with Crippen LogP contribution < -0.4 is 35.3 Å². The molecule has 0 aliphatic rings. The van der Waals surface area contributed by atoms with Crippen LogP contribution in [0.1, 0.15) is 22.2 Å². The van der Waals surface area contributed by atoms with Crippen LogP contribution in [0.2, 0.25) is 0 Å². The molecule has 0 aliphatic carbocycles. The minimum absolute atomic E-state index is 0. The Bertz CT molecular complexity index is 114. The van der Waals surface area contributed by atoms with E-state index in [9.17, 15) is 4.79 Å². The van der Waals surface area contributed by atoms with Gasteiger partial charge in [0, 0.05) is 0 Å². The zero-order chi connectivity index (χ0) is 7.49. The van der Waals surface area contributed by atoms with Gasteiger partial charge < -0.3 is 11.9 Å². The Labute approximate surface area is 85.1 Å². The van der Waals surface area contributed by atoms with E-state index < -0.39 is 5.60 Å². The number of rotatable bonds is 1. The monoisotopic (exact) mass is 155 g/mol. The van der Waals surface area contributed by atoms with Gasteiger partial charge in [0.05, 0.1) is 6.54 Å². The van der Waals surface area contributed by atoms with Crippen molar-refractivity contribution in [1.29, 1.82) is 0 Å². The van der Waals surface area contributed by atoms with Crippen LogP contribution in [0.4, 0.5) is 0 Å². The molecule has 0 amide bonds. The van der Waals surface area contributed by atoms with Crippen LogP contribution in [0.3, 0.4) is 0 Å². The van der Waals surface area contributed by atoms with Crippen molar-refractivity contribution in [1.82, 2.24) is 0 Å². The second kappa shape index (κ2) is 5.13. The molecule has 0 aromatic carbocycles. The van der Waals surface area contributed by atoms with E-state index in [4.69, 9.17) is 10.5 Å². The van der Waals surface area contributed by atoms with E-state index in [1.807, 2.05) is 0 Å². The van der Waals surface area contributed by atoms with E-state index >= 15 is 0 Å². The molecule has 0 aromatic rings. The van der Waals surface area contributed by atoms with Crippen LogP contribution in [0, 0.1) is 0 Å². The number of hydrogen-bond donors (Lipinski definition) is 1. The van der Waals surface area contributed by atoms with Gasteiger partial charge in [-0.3, -0.25) is 4.79 Å². The molecular weight excluding hydrogens is 141 g/mol. The largest absolute Gasteiger partial charge is 1.00 e. The molecule has 0 atom stereocenters. The molecule has 0 aromatic heterocycles. The summed E-state index contributed by atoms with van der Waals surface area (Å²) < 4.78 is 4.82. The molecule has 4 heteroatoms. The van der Waals surface area contributed by atoms with Gasteiger partial charge in [-0.15, -0.1) is 0 Å². The standard InChI is InChI=1S/C6H13NO2.Na.H/c1-6(2,3)9-5(8)4-7;;/h4,7H2,1-3H3;;/q;+1;-1. The van der Waals surface area contributed by atoms with Crippen molar-refractivity contribution in [2.75, 3.05) is 6.54 Å². The van der Waals surface area contributed by atoms with E-state index in [1.54, 1.807) is 20.8 Å². The predicted molar refractivity (Wildman–Crippen MR) is 36.0 cm³/mol. The predicted octanol–water partition coefficient (Wildman–Crippen LogP) is -2.60. The fourth-order valence-electron chi connectivity index (χ4n) is 0.383. The number of ether oxygens (including phenoxy) is 1. The Morgan fingerprint density at radius 3 is 2.10 bits per heavy atom. The summed E-state index contributed by atoms with van der Waals surface area (Å²) in [5, 5.41) is 0. The summed E-state index contributed by atoms with van der Waals surface area (Å²) in [6.45, 7) is 5.37. The second-order valence-corrected chi connectivity index (χ2v) is 2.79. The minimum atomic E-state index is -0.406. The van der Waals surface area contributed by atoms with Gasteiger partial charge in [0.1, 0.15) is 5.60 Å². The van der Waals surface area contributed by atoms with Gasteiger partial charge in [-0.25, -0.2) is 0 Å². The number of carbonyl (C=O) groups excluding carboxylic acids is 1. The van der Waals surface area contributed by atoms with Crippen molar-refractivity contribution >= 4 is 5.97 Å². The number of hydrogen-bond acceptors (Lipinski definition) is 3. The molecule has 0 aliphatic heterocycles. The van der Waals surface area contributed by atoms with Crippen LogP contribution in [0.5, 0.6) is 0 Å². The summed E-state index contributed by atoms with van der Waals surface area (Å²) in [6.07, 6.45) is 0. The van der Waals surface area contributed by atoms with Crippen LogP contribution in [0.15, 0.2) is 0 Å². The first kappa shape index (κ1) is 13.1. The first-order valence-corrected chi connectivity index (χ1v) is 2.87. The molecule has 0 fully saturated rings. The maximum Gasteiger partial charge on any atom is 1.00 e. The zero-order valence-corrected chi connectivity index (χ0v) is 9.10. The molecule has 0 saturated heterocycles. The quantitative estimate of drug-likeness (QED) is 0.334. The summed E-state index contributed by atoms with van der Waals surface area (Å²) in [6, 6.07) is 0. The van der Waals surface area contributed by atoms with Crippen molar-refractivity contribution in [2.24, 2.45) is 5.73 Å². The third-order valence-electron chi connectivity index (χ3n) is 0.587. The van der Waals surface area contributed by atoms with Crippen LogP contribution in [-0.4, -0.2) is 18.1 Å². The normalized spacial score (nSPS) is 10.0. The molecule has 0 radical (unpaired) electrons. The summed E-state index contributed by atoms with van der Waals surface area (Å²) in [7, 11) is 0. The molecule has 0 saturated carbocycles. The topological polar surface area (TPSA) is 52.3 Å². The zero-order valence-electron chi connectivity index (χ0n) is 8.10. The second-order valence-electron chi connectivity index (χ2n) is 2.79. The van der Waals surface area contributed by atoms with Crippen LogP contribution in [-0.2, 0) is 9.53 Å². The van der Waals surface area contributed by atoms with Crippen LogP contribution >= 0.6 is 0 Å². The van der Waals surface area contributed by atoms with E-state index in [1.165, 1.54) is 0 Å². The van der Waals surface area contributed by atoms with E-state index in [0.717, 1.165) is 0 Å². The van der Waals surface area contributed by atoms with Crippen molar-refractivity contribution in [3.05, 3.63) is 0 Å². The molecule has 2 N–H and O–H groups in total. The average molecular weight is 155 g/mol. The van der Waals surface area contributed by atoms with Gasteiger partial charge in [-0.1, -0.05) is 0 Å². The van der Waals surface area contributed by atoms with Crippen molar-refractivity contribution in [3.63, 3.8) is 0 Å². The Hall–Kier alpha value is 0.430. The Balaban J connectivity index is -0.000000320. The van der Waals surface area contributed by atoms with Crippen molar-refractivity contribution in [3.8, 4) is 0 Å². The van der Waals surface area contributed by atoms with Gasteiger partial charge in [-0.2, -0.15) is 0 Å². The molecule has 0 rings (SSSR count). The minimum Gasteiger partial charge on any atom is -1.00 e. The van der Waals surface area contributed by atoms with E-state index in [2.05, 4.69) is 0 Å². The Kier molecular flexibility index (Phi) is 6.69. The van der Waals surface area contributed by atoms with Crippen molar-refractivity contribution in [2.45, 2.75) is 26.4 Å². The summed E-state index contributed by atoms with van der Waals surface area (Å²) >= 11 is 0. The number of nitrogens with two attached hydrogens (primary N) is 1. The molecule has 10 heavy (non-hydrogen) atoms. The van der Waals surface area contributed by atoms with Crippen LogP contribution in [0.25, 0.3) is 0 Å². The number of esters is 1. The van der Waals surface area contributed by atoms with Gasteiger partial charge in [0.15, 0.2) is 0 Å². The fourth-order valence-corrected chi connectivity index (χ4v) is 0.383. The molecule has 0 spiro atoms. The van der Waals surface area contributed by atoms with Crippen molar-refractivity contribution < 1.29 is 40.5 Å². The summed E-state index contributed by atoms with van der Waals surface area (Å²) in [5.74, 6) is -0.359. The smallest absolute Gasteiger partial charge is 1.00 e. The maximum absolute atomic E-state index is 10.5. The van der Waals surface area contributed by atoms with Gasteiger partial charge in [0.2, 0.25) is 0 Å². The van der Waals surface area contributed by atoms with Gasteiger partial charge in [0.25, 0.3) is 0 Å². The molecule has 56 valence electrons. The van der Waals surface area contributed by atoms with E-state index in [0.29, 0.717) is 0 Å². The maximum atomic E-state index is 10.5. The molecule has 0 unspecified atom stereocenters. The van der Waals surface area contributed by atoms with Gasteiger partial charge in [-0.05, 0) is 20.8 Å². The summed E-state index contributed by atoms with van der Waals surface area (Å²) in [5.41, 5.74) is 4.60. The SMILES string of the molecule is CC(C)(C)OC(=O)CN.[H-].[Na+]. The third-order valence-corrected chi connectivity index (χ3v) is 0.587. The Morgan fingerprint density at radius 2 is 2.00 bits per heavy atom. The van der Waals surface area contributed by atoms with E-state index in [-0.39, 0.29) is 43.5 Å². The number of carbonyl (C=O) groups is 1. The molecule has 0 bridgehead atoms. The molecular formula is C6H14NNaO2. The fraction of sp³-hybridized carbons (Fsp3) is 0.833. The summed E-state index contributed by atoms with van der Waals surface area (Å²) in [4.78, 5) is 10.5. The Morgan fingerprint density at radius 1 is 1.60 bits per heavy atom. The first-order valence-electron chi connectivity index (χ1n) is 2.87. The average Bonchev–Trinajstić information content (AvgIpc) is 1.62.